The van der Waals surface area contributed by atoms with Gasteiger partial charge in [-0.2, -0.15) is 4.98 Å². The van der Waals surface area contributed by atoms with Gasteiger partial charge in [0.15, 0.2) is 0 Å². The smallest absolute Gasteiger partial charge is 0.290 e. The molecule has 0 fully saturated rings. The summed E-state index contributed by atoms with van der Waals surface area (Å²) in [6.45, 7) is 0. The fraction of sp³-hybridized carbons (Fsp3) is 0.100. The van der Waals surface area contributed by atoms with E-state index in [2.05, 4.69) is 10.1 Å². The van der Waals surface area contributed by atoms with Crippen molar-refractivity contribution < 1.29 is 9.32 Å². The first-order valence-corrected chi connectivity index (χ1v) is 4.62. The van der Waals surface area contributed by atoms with Crippen molar-refractivity contribution in [2.45, 2.75) is 6.04 Å². The molecule has 16 heavy (non-hydrogen) atoms. The molecule has 0 unspecified atom stereocenters. The van der Waals surface area contributed by atoms with E-state index >= 15 is 0 Å². The summed E-state index contributed by atoms with van der Waals surface area (Å²) in [6, 6.07) is 8.68. The third-order valence-electron chi connectivity index (χ3n) is 2.09. The van der Waals surface area contributed by atoms with Crippen LogP contribution in [0, 0.1) is 0 Å². The van der Waals surface area contributed by atoms with Crippen LogP contribution in [0.1, 0.15) is 28.1 Å². The number of carbonyl (C=O) groups is 1. The van der Waals surface area contributed by atoms with Crippen LogP contribution in [0.2, 0.25) is 0 Å². The molecule has 2 rings (SSSR count). The van der Waals surface area contributed by atoms with Crippen LogP contribution in [0.5, 0.6) is 0 Å². The van der Waals surface area contributed by atoms with E-state index in [1.165, 1.54) is 0 Å². The second-order valence-corrected chi connectivity index (χ2v) is 3.21. The molecule has 0 saturated carbocycles. The average Bonchev–Trinajstić information content (AvgIpc) is 2.78. The van der Waals surface area contributed by atoms with E-state index in [4.69, 9.17) is 16.0 Å². The number of nitrogens with two attached hydrogens (primary N) is 2. The van der Waals surface area contributed by atoms with Crippen LogP contribution >= 0.6 is 0 Å². The molecule has 0 saturated heterocycles. The Morgan fingerprint density at radius 2 is 2.00 bits per heavy atom. The van der Waals surface area contributed by atoms with Crippen LogP contribution < -0.4 is 11.5 Å². The number of nitrogens with zero attached hydrogens (tertiary/aromatic N) is 2. The van der Waals surface area contributed by atoms with Gasteiger partial charge in [-0.15, -0.1) is 0 Å². The zero-order valence-corrected chi connectivity index (χ0v) is 8.33. The van der Waals surface area contributed by atoms with Crippen molar-refractivity contribution in [1.29, 1.82) is 0 Å². The fourth-order valence-electron chi connectivity index (χ4n) is 1.26. The highest BCUT2D eigenvalue weighted by molar-refractivity contribution is 5.88. The molecule has 0 aliphatic rings. The molecule has 2 aromatic rings. The molecule has 6 nitrogen and oxygen atoms in total. The molecule has 0 spiro atoms. The average molecular weight is 218 g/mol. The van der Waals surface area contributed by atoms with Crippen molar-refractivity contribution in [1.82, 2.24) is 10.1 Å². The van der Waals surface area contributed by atoms with Crippen molar-refractivity contribution in [3.8, 4) is 0 Å². The van der Waals surface area contributed by atoms with Gasteiger partial charge in [-0.05, 0) is 5.56 Å². The molecule has 1 heterocycles. The summed E-state index contributed by atoms with van der Waals surface area (Å²) in [5.74, 6) is -0.739. The van der Waals surface area contributed by atoms with Gasteiger partial charge in [-0.25, -0.2) is 0 Å². The highest BCUT2D eigenvalue weighted by Gasteiger charge is 2.18. The van der Waals surface area contributed by atoms with E-state index < -0.39 is 11.9 Å². The first-order chi connectivity index (χ1) is 7.68. The highest BCUT2D eigenvalue weighted by atomic mass is 16.5. The Labute approximate surface area is 91.2 Å². The number of rotatable bonds is 3. The topological polar surface area (TPSA) is 108 Å². The second kappa shape index (κ2) is 4.11. The van der Waals surface area contributed by atoms with Crippen molar-refractivity contribution in [3.05, 3.63) is 47.6 Å². The zero-order valence-electron chi connectivity index (χ0n) is 8.33. The summed E-state index contributed by atoms with van der Waals surface area (Å²) in [7, 11) is 0. The summed E-state index contributed by atoms with van der Waals surface area (Å²) >= 11 is 0. The Bertz CT molecular complexity index is 495. The Hall–Kier alpha value is -2.21. The molecule has 0 bridgehead atoms. The molecule has 1 amide bonds. The zero-order chi connectivity index (χ0) is 11.5. The maximum Gasteiger partial charge on any atom is 0.290 e. The van der Waals surface area contributed by atoms with E-state index in [1.807, 2.05) is 30.3 Å². The minimum Gasteiger partial charge on any atom is -0.363 e. The minimum absolute atomic E-state index is 0.165. The maximum atomic E-state index is 10.8. The number of amides is 1. The lowest BCUT2D eigenvalue weighted by Gasteiger charge is -2.05. The van der Waals surface area contributed by atoms with Gasteiger partial charge >= 0.3 is 0 Å². The van der Waals surface area contributed by atoms with Crippen molar-refractivity contribution >= 4 is 5.91 Å². The van der Waals surface area contributed by atoms with E-state index in [0.29, 0.717) is 0 Å². The first kappa shape index (κ1) is 10.3. The fourth-order valence-corrected chi connectivity index (χ4v) is 1.26. The summed E-state index contributed by atoms with van der Waals surface area (Å²) < 4.78 is 4.86. The Morgan fingerprint density at radius 1 is 1.31 bits per heavy atom. The summed E-state index contributed by atoms with van der Waals surface area (Å²) in [4.78, 5) is 14.6. The van der Waals surface area contributed by atoms with Gasteiger partial charge in [0, 0.05) is 0 Å². The normalized spacial score (nSPS) is 12.3. The van der Waals surface area contributed by atoms with Gasteiger partial charge in [0.2, 0.25) is 5.89 Å². The van der Waals surface area contributed by atoms with Crippen LogP contribution in [0.4, 0.5) is 0 Å². The maximum absolute atomic E-state index is 10.8. The van der Waals surface area contributed by atoms with Gasteiger partial charge in [0.1, 0.15) is 6.04 Å². The highest BCUT2D eigenvalue weighted by Crippen LogP contribution is 2.16. The quantitative estimate of drug-likeness (QED) is 0.765. The number of hydrogen-bond acceptors (Lipinski definition) is 5. The predicted molar refractivity (Wildman–Crippen MR) is 55.3 cm³/mol. The molecular weight excluding hydrogens is 208 g/mol. The summed E-state index contributed by atoms with van der Waals surface area (Å²) in [6.07, 6.45) is 0. The molecule has 4 N–H and O–H groups in total. The SMILES string of the molecule is NC(=O)c1noc([C@H](N)c2ccccc2)n1. The van der Waals surface area contributed by atoms with Gasteiger partial charge in [-0.1, -0.05) is 35.5 Å². The van der Waals surface area contributed by atoms with E-state index in [-0.39, 0.29) is 11.7 Å². The Kier molecular flexibility index (Phi) is 2.65. The van der Waals surface area contributed by atoms with E-state index in [0.717, 1.165) is 5.56 Å². The summed E-state index contributed by atoms with van der Waals surface area (Å²) in [5.41, 5.74) is 11.7. The molecule has 6 heteroatoms. The molecular formula is C10H10N4O2. The molecule has 0 aliphatic carbocycles. The van der Waals surface area contributed by atoms with Gasteiger partial charge in [-0.3, -0.25) is 4.79 Å². The van der Waals surface area contributed by atoms with Gasteiger partial charge in [0.25, 0.3) is 11.7 Å². The van der Waals surface area contributed by atoms with Crippen LogP contribution in [0.15, 0.2) is 34.9 Å². The van der Waals surface area contributed by atoms with Crippen LogP contribution in [0.25, 0.3) is 0 Å². The van der Waals surface area contributed by atoms with Crippen molar-refractivity contribution in [3.63, 3.8) is 0 Å². The van der Waals surface area contributed by atoms with Crippen molar-refractivity contribution in [2.24, 2.45) is 11.5 Å². The number of aromatic nitrogens is 2. The number of hydrogen-bond donors (Lipinski definition) is 2. The monoisotopic (exact) mass is 218 g/mol. The first-order valence-electron chi connectivity index (χ1n) is 4.62. The Morgan fingerprint density at radius 3 is 2.56 bits per heavy atom. The van der Waals surface area contributed by atoms with Crippen LogP contribution in [0.3, 0.4) is 0 Å². The molecule has 1 aromatic carbocycles. The van der Waals surface area contributed by atoms with Crippen LogP contribution in [-0.2, 0) is 0 Å². The summed E-state index contributed by atoms with van der Waals surface area (Å²) in [5, 5.41) is 3.42. The second-order valence-electron chi connectivity index (χ2n) is 3.21. The Balaban J connectivity index is 2.27. The minimum atomic E-state index is -0.740. The van der Waals surface area contributed by atoms with Crippen LogP contribution in [-0.4, -0.2) is 16.0 Å². The molecule has 1 aromatic heterocycles. The lowest BCUT2D eigenvalue weighted by molar-refractivity contribution is 0.0987. The van der Waals surface area contributed by atoms with Gasteiger partial charge in [0.05, 0.1) is 0 Å². The standard InChI is InChI=1S/C10H10N4O2/c11-7(6-4-2-1-3-5-6)10-13-9(8(12)15)14-16-10/h1-5,7H,11H2,(H2,12,15)/t7-/m1/s1. The third-order valence-corrected chi connectivity index (χ3v) is 2.09. The van der Waals surface area contributed by atoms with Crippen molar-refractivity contribution in [2.75, 3.05) is 0 Å². The molecule has 0 radical (unpaired) electrons. The number of carbonyl (C=O) groups excluding carboxylic acids is 1. The van der Waals surface area contributed by atoms with E-state index in [9.17, 15) is 4.79 Å². The van der Waals surface area contributed by atoms with E-state index in [1.54, 1.807) is 0 Å². The molecule has 82 valence electrons. The van der Waals surface area contributed by atoms with Gasteiger partial charge < -0.3 is 16.0 Å². The lowest BCUT2D eigenvalue weighted by Crippen LogP contribution is -2.15. The number of primary amides is 1. The molecule has 1 atom stereocenters. The lowest BCUT2D eigenvalue weighted by atomic mass is 10.1. The molecule has 0 aliphatic heterocycles. The predicted octanol–water partition coefficient (Wildman–Crippen LogP) is 0.217. The third kappa shape index (κ3) is 1.91. The number of benzene rings is 1. The largest absolute Gasteiger partial charge is 0.363 e.